The first-order valence-corrected chi connectivity index (χ1v) is 6.44. The lowest BCUT2D eigenvalue weighted by Crippen LogP contribution is -2.13. The Labute approximate surface area is 106 Å². The highest BCUT2D eigenvalue weighted by Gasteiger charge is 2.11. The lowest BCUT2D eigenvalue weighted by Gasteiger charge is -2.18. The van der Waals surface area contributed by atoms with E-state index in [0.29, 0.717) is 0 Å². The molecule has 2 nitrogen and oxygen atoms in total. The van der Waals surface area contributed by atoms with Crippen molar-refractivity contribution in [1.82, 2.24) is 0 Å². The Kier molecular flexibility index (Phi) is 5.29. The van der Waals surface area contributed by atoms with E-state index in [2.05, 4.69) is 29.8 Å². The van der Waals surface area contributed by atoms with Gasteiger partial charge in [0.15, 0.2) is 0 Å². The van der Waals surface area contributed by atoms with E-state index in [1.807, 2.05) is 19.1 Å². The summed E-state index contributed by atoms with van der Waals surface area (Å²) in [5.74, 6) is 0.826. The second kappa shape index (κ2) is 6.26. The van der Waals surface area contributed by atoms with Gasteiger partial charge in [-0.05, 0) is 38.0 Å². The topological polar surface area (TPSA) is 29.5 Å². The van der Waals surface area contributed by atoms with Gasteiger partial charge in [-0.15, -0.1) is 0 Å². The van der Waals surface area contributed by atoms with Gasteiger partial charge in [0, 0.05) is 10.0 Å². The molecule has 1 N–H and O–H groups in total. The van der Waals surface area contributed by atoms with Crippen LogP contribution in [0.15, 0.2) is 16.6 Å². The van der Waals surface area contributed by atoms with Crippen molar-refractivity contribution in [2.75, 3.05) is 0 Å². The summed E-state index contributed by atoms with van der Waals surface area (Å²) in [7, 11) is 0. The Hall–Kier alpha value is -0.540. The normalized spacial score (nSPS) is 12.6. The largest absolute Gasteiger partial charge is 0.490 e. The number of aliphatic hydroxyl groups excluding tert-OH is 1. The van der Waals surface area contributed by atoms with Crippen LogP contribution in [-0.2, 0) is 6.61 Å². The van der Waals surface area contributed by atoms with Crippen LogP contribution in [-0.4, -0.2) is 11.2 Å². The Balaban J connectivity index is 2.93. The quantitative estimate of drug-likeness (QED) is 0.892. The summed E-state index contributed by atoms with van der Waals surface area (Å²) in [6.07, 6.45) is 2.32. The first kappa shape index (κ1) is 13.5. The molecule has 16 heavy (non-hydrogen) atoms. The molecule has 90 valence electrons. The molecular weight excluding hydrogens is 268 g/mol. The minimum atomic E-state index is 0.00839. The van der Waals surface area contributed by atoms with Gasteiger partial charge in [0.2, 0.25) is 0 Å². The lowest BCUT2D eigenvalue weighted by molar-refractivity contribution is 0.198. The van der Waals surface area contributed by atoms with Gasteiger partial charge in [-0.25, -0.2) is 0 Å². The van der Waals surface area contributed by atoms with E-state index in [0.717, 1.165) is 34.2 Å². The van der Waals surface area contributed by atoms with Gasteiger partial charge >= 0.3 is 0 Å². The molecule has 1 aromatic rings. The fourth-order valence-electron chi connectivity index (χ4n) is 1.75. The number of hydrogen-bond acceptors (Lipinski definition) is 2. The van der Waals surface area contributed by atoms with Crippen LogP contribution >= 0.6 is 15.9 Å². The number of hydrogen-bond donors (Lipinski definition) is 1. The Bertz CT molecular complexity index is 350. The fraction of sp³-hybridized carbons (Fsp3) is 0.538. The van der Waals surface area contributed by atoms with Gasteiger partial charge in [-0.1, -0.05) is 29.3 Å². The van der Waals surface area contributed by atoms with Crippen LogP contribution in [0, 0.1) is 6.92 Å². The van der Waals surface area contributed by atoms with Crippen LogP contribution in [0.2, 0.25) is 0 Å². The van der Waals surface area contributed by atoms with Crippen molar-refractivity contribution in [3.05, 3.63) is 27.7 Å². The van der Waals surface area contributed by atoms with Gasteiger partial charge < -0.3 is 9.84 Å². The maximum Gasteiger partial charge on any atom is 0.128 e. The molecule has 0 aliphatic heterocycles. The molecule has 0 aliphatic rings. The predicted octanol–water partition coefficient (Wildman–Crippen LogP) is 3.82. The number of halogens is 1. The third kappa shape index (κ3) is 3.49. The molecule has 0 aliphatic carbocycles. The first-order chi connectivity index (χ1) is 7.58. The molecule has 3 heteroatoms. The van der Waals surface area contributed by atoms with E-state index < -0.39 is 0 Å². The first-order valence-electron chi connectivity index (χ1n) is 5.65. The van der Waals surface area contributed by atoms with Crippen molar-refractivity contribution in [3.63, 3.8) is 0 Å². The third-order valence-corrected chi connectivity index (χ3v) is 2.96. The molecular formula is C13H19BrO2. The summed E-state index contributed by atoms with van der Waals surface area (Å²) in [5.41, 5.74) is 1.90. The average Bonchev–Trinajstić information content (AvgIpc) is 2.22. The van der Waals surface area contributed by atoms with Crippen molar-refractivity contribution < 1.29 is 9.84 Å². The highest BCUT2D eigenvalue weighted by Crippen LogP contribution is 2.29. The number of aryl methyl sites for hydroxylation is 1. The van der Waals surface area contributed by atoms with Crippen molar-refractivity contribution in [3.8, 4) is 5.75 Å². The molecule has 0 fully saturated rings. The van der Waals surface area contributed by atoms with Gasteiger partial charge in [0.05, 0.1) is 12.7 Å². The van der Waals surface area contributed by atoms with E-state index in [1.54, 1.807) is 0 Å². The second-order valence-electron chi connectivity index (χ2n) is 4.09. The maximum absolute atomic E-state index is 9.31. The molecule has 0 saturated carbocycles. The molecule has 0 aromatic heterocycles. The molecule has 1 unspecified atom stereocenters. The van der Waals surface area contributed by atoms with E-state index in [-0.39, 0.29) is 12.7 Å². The zero-order valence-corrected chi connectivity index (χ0v) is 11.7. The Morgan fingerprint density at radius 2 is 2.12 bits per heavy atom. The van der Waals surface area contributed by atoms with Crippen molar-refractivity contribution in [1.29, 1.82) is 0 Å². The minimum Gasteiger partial charge on any atom is -0.490 e. The summed E-state index contributed by atoms with van der Waals surface area (Å²) in [5, 5.41) is 9.31. The standard InChI is InChI=1S/C13H19BrO2/c1-4-5-10(3)16-13-9(2)6-12(14)7-11(13)8-15/h6-7,10,15H,4-5,8H2,1-3H3. The highest BCUT2D eigenvalue weighted by atomic mass is 79.9. The van der Waals surface area contributed by atoms with Gasteiger partial charge in [-0.2, -0.15) is 0 Å². The number of ether oxygens (including phenoxy) is 1. The van der Waals surface area contributed by atoms with E-state index >= 15 is 0 Å². The lowest BCUT2D eigenvalue weighted by atomic mass is 10.1. The molecule has 0 bridgehead atoms. The number of rotatable bonds is 5. The molecule has 1 atom stereocenters. The average molecular weight is 287 g/mol. The zero-order valence-electron chi connectivity index (χ0n) is 10.1. The predicted molar refractivity (Wildman–Crippen MR) is 69.8 cm³/mol. The van der Waals surface area contributed by atoms with Crippen LogP contribution in [0.3, 0.4) is 0 Å². The van der Waals surface area contributed by atoms with Crippen LogP contribution in [0.4, 0.5) is 0 Å². The summed E-state index contributed by atoms with van der Waals surface area (Å²) in [6.45, 7) is 6.21. The van der Waals surface area contributed by atoms with Crippen LogP contribution in [0.5, 0.6) is 5.75 Å². The van der Waals surface area contributed by atoms with Gasteiger partial charge in [0.25, 0.3) is 0 Å². The van der Waals surface area contributed by atoms with Crippen LogP contribution in [0.25, 0.3) is 0 Å². The van der Waals surface area contributed by atoms with Gasteiger partial charge in [-0.3, -0.25) is 0 Å². The van der Waals surface area contributed by atoms with Crippen molar-refractivity contribution in [2.45, 2.75) is 46.3 Å². The van der Waals surface area contributed by atoms with Crippen LogP contribution in [0.1, 0.15) is 37.8 Å². The SMILES string of the molecule is CCCC(C)Oc1c(C)cc(Br)cc1CO. The summed E-state index contributed by atoms with van der Waals surface area (Å²) in [4.78, 5) is 0. The third-order valence-electron chi connectivity index (χ3n) is 2.50. The summed E-state index contributed by atoms with van der Waals surface area (Å²) < 4.78 is 6.86. The Morgan fingerprint density at radius 3 is 2.69 bits per heavy atom. The Morgan fingerprint density at radius 1 is 1.44 bits per heavy atom. The summed E-state index contributed by atoms with van der Waals surface area (Å²) in [6, 6.07) is 3.91. The van der Waals surface area contributed by atoms with E-state index in [9.17, 15) is 5.11 Å². The van der Waals surface area contributed by atoms with Gasteiger partial charge in [0.1, 0.15) is 5.75 Å². The minimum absolute atomic E-state index is 0.00839. The molecule has 0 spiro atoms. The molecule has 1 aromatic carbocycles. The van der Waals surface area contributed by atoms with E-state index in [1.165, 1.54) is 0 Å². The number of benzene rings is 1. The molecule has 0 heterocycles. The smallest absolute Gasteiger partial charge is 0.128 e. The molecule has 0 amide bonds. The highest BCUT2D eigenvalue weighted by molar-refractivity contribution is 9.10. The molecule has 1 rings (SSSR count). The number of aliphatic hydroxyl groups is 1. The maximum atomic E-state index is 9.31. The summed E-state index contributed by atoms with van der Waals surface area (Å²) >= 11 is 3.42. The molecule has 0 saturated heterocycles. The van der Waals surface area contributed by atoms with Crippen LogP contribution < -0.4 is 4.74 Å². The van der Waals surface area contributed by atoms with Crippen molar-refractivity contribution >= 4 is 15.9 Å². The van der Waals surface area contributed by atoms with Crippen molar-refractivity contribution in [2.24, 2.45) is 0 Å². The van der Waals surface area contributed by atoms with E-state index in [4.69, 9.17) is 4.74 Å². The molecule has 0 radical (unpaired) electrons. The second-order valence-corrected chi connectivity index (χ2v) is 5.00. The monoisotopic (exact) mass is 286 g/mol. The fourth-order valence-corrected chi connectivity index (χ4v) is 2.37. The zero-order chi connectivity index (χ0) is 12.1.